The SMILES string of the molecule is CC1N=C(NS(C)(=O)=O)c2c(Cl)ccc(-c3ccc(C#CC(C)(C)O)nc3[C@H](Cc3cc(F)cc(F)c3)NC(=O)Cn3nc4c(c3Cl)[C@H]3C[C@H]3C4(F)F)c21. The van der Waals surface area contributed by atoms with E-state index in [0.717, 1.165) is 23.1 Å². The molecule has 2 aromatic carbocycles. The summed E-state index contributed by atoms with van der Waals surface area (Å²) in [6.45, 7) is 4.13. The third kappa shape index (κ3) is 7.32. The highest BCUT2D eigenvalue weighted by molar-refractivity contribution is 7.89. The molecular formula is C37H32Cl2F4N6O4S. The molecule has 282 valence electrons. The minimum atomic E-state index is -3.76. The van der Waals surface area contributed by atoms with Gasteiger partial charge in [0.2, 0.25) is 15.9 Å². The number of nitrogens with one attached hydrogen (secondary N) is 2. The highest BCUT2D eigenvalue weighted by Gasteiger charge is 2.66. The fourth-order valence-electron chi connectivity index (χ4n) is 7.11. The lowest BCUT2D eigenvalue weighted by Crippen LogP contribution is -2.34. The van der Waals surface area contributed by atoms with Gasteiger partial charge in [0.1, 0.15) is 46.2 Å². The van der Waals surface area contributed by atoms with Crippen LogP contribution in [0, 0.1) is 29.4 Å². The molecule has 7 rings (SSSR count). The average molecular weight is 804 g/mol. The Hall–Kier alpha value is -4.49. The average Bonchev–Trinajstić information content (AvgIpc) is 3.63. The second kappa shape index (κ2) is 13.4. The molecule has 0 radical (unpaired) electrons. The fourth-order valence-corrected chi connectivity index (χ4v) is 8.20. The molecule has 3 aliphatic rings. The van der Waals surface area contributed by atoms with E-state index in [9.17, 15) is 35.9 Å². The van der Waals surface area contributed by atoms with Crippen LogP contribution in [0.25, 0.3) is 11.1 Å². The monoisotopic (exact) mass is 802 g/mol. The van der Waals surface area contributed by atoms with E-state index in [-0.39, 0.29) is 51.4 Å². The number of amidine groups is 1. The van der Waals surface area contributed by atoms with Gasteiger partial charge in [0.25, 0.3) is 5.92 Å². The number of halogens is 6. The number of pyridine rings is 1. The second-order valence-corrected chi connectivity index (χ2v) is 16.7. The predicted octanol–water partition coefficient (Wildman–Crippen LogP) is 6.33. The van der Waals surface area contributed by atoms with Gasteiger partial charge < -0.3 is 10.4 Å². The molecular weight excluding hydrogens is 771 g/mol. The zero-order valence-corrected chi connectivity index (χ0v) is 31.4. The van der Waals surface area contributed by atoms with Crippen LogP contribution in [0.1, 0.15) is 84.5 Å². The minimum Gasteiger partial charge on any atom is -0.378 e. The summed E-state index contributed by atoms with van der Waals surface area (Å²) >= 11 is 13.1. The Bertz CT molecular complexity index is 2440. The van der Waals surface area contributed by atoms with Crippen LogP contribution in [-0.4, -0.2) is 51.9 Å². The van der Waals surface area contributed by atoms with Gasteiger partial charge in [-0.15, -0.1) is 0 Å². The van der Waals surface area contributed by atoms with Crippen molar-refractivity contribution in [2.45, 2.75) is 69.7 Å². The van der Waals surface area contributed by atoms with Crippen LogP contribution in [-0.2, 0) is 33.7 Å². The molecule has 10 nitrogen and oxygen atoms in total. The molecule has 1 fully saturated rings. The van der Waals surface area contributed by atoms with Gasteiger partial charge in [0.05, 0.1) is 29.1 Å². The van der Waals surface area contributed by atoms with E-state index >= 15 is 0 Å². The van der Waals surface area contributed by atoms with Crippen LogP contribution in [0.5, 0.6) is 0 Å². The maximum Gasteiger partial charge on any atom is 0.295 e. The van der Waals surface area contributed by atoms with Crippen molar-refractivity contribution in [2.24, 2.45) is 10.9 Å². The van der Waals surface area contributed by atoms with Crippen LogP contribution >= 0.6 is 23.2 Å². The van der Waals surface area contributed by atoms with Crippen LogP contribution in [0.2, 0.25) is 10.2 Å². The summed E-state index contributed by atoms with van der Waals surface area (Å²) in [6, 6.07) is 7.60. The molecule has 1 saturated carbocycles. The molecule has 2 aliphatic carbocycles. The summed E-state index contributed by atoms with van der Waals surface area (Å²) in [4.78, 5) is 23.1. The summed E-state index contributed by atoms with van der Waals surface area (Å²) in [6.07, 6.45) is 1.04. The van der Waals surface area contributed by atoms with Gasteiger partial charge >= 0.3 is 0 Å². The number of aliphatic hydroxyl groups is 1. The number of rotatable bonds is 8. The molecule has 1 amide bonds. The number of benzene rings is 2. The van der Waals surface area contributed by atoms with Crippen LogP contribution < -0.4 is 10.0 Å². The third-order valence-electron chi connectivity index (χ3n) is 9.35. The predicted molar refractivity (Wildman–Crippen MR) is 194 cm³/mol. The number of alkyl halides is 2. The number of carbonyl (C=O) groups excluding carboxylic acids is 1. The van der Waals surface area contributed by atoms with Gasteiger partial charge in [-0.05, 0) is 92.5 Å². The molecule has 4 aromatic rings. The molecule has 3 heterocycles. The number of carbonyl (C=O) groups is 1. The van der Waals surface area contributed by atoms with Crippen molar-refractivity contribution in [1.29, 1.82) is 0 Å². The molecule has 0 saturated heterocycles. The van der Waals surface area contributed by atoms with Gasteiger partial charge in [0, 0.05) is 28.7 Å². The number of nitrogens with zero attached hydrogens (tertiary/aromatic N) is 4. The quantitative estimate of drug-likeness (QED) is 0.141. The first-order valence-corrected chi connectivity index (χ1v) is 19.4. The number of sulfonamides is 1. The molecule has 0 bridgehead atoms. The van der Waals surface area contributed by atoms with E-state index in [0.29, 0.717) is 28.3 Å². The van der Waals surface area contributed by atoms with E-state index in [1.807, 2.05) is 0 Å². The Morgan fingerprint density at radius 3 is 2.44 bits per heavy atom. The van der Waals surface area contributed by atoms with Gasteiger partial charge in [-0.25, -0.2) is 26.9 Å². The van der Waals surface area contributed by atoms with Crippen molar-refractivity contribution in [3.8, 4) is 23.0 Å². The zero-order valence-electron chi connectivity index (χ0n) is 29.1. The first kappa shape index (κ1) is 37.8. The first-order valence-electron chi connectivity index (χ1n) is 16.7. The van der Waals surface area contributed by atoms with Crippen LogP contribution in [0.3, 0.4) is 0 Å². The number of amides is 1. The van der Waals surface area contributed by atoms with E-state index in [2.05, 4.69) is 32.0 Å². The Balaban J connectivity index is 1.35. The van der Waals surface area contributed by atoms with Gasteiger partial charge in [-0.3, -0.25) is 14.5 Å². The normalized spacial score (nSPS) is 19.9. The Morgan fingerprint density at radius 2 is 1.80 bits per heavy atom. The maximum absolute atomic E-state index is 14.9. The van der Waals surface area contributed by atoms with E-state index < -0.39 is 75.2 Å². The number of aliphatic imine (C=N–C) groups is 1. The van der Waals surface area contributed by atoms with Crippen molar-refractivity contribution < 1.29 is 35.9 Å². The molecule has 54 heavy (non-hydrogen) atoms. The van der Waals surface area contributed by atoms with Crippen molar-refractivity contribution in [3.63, 3.8) is 0 Å². The molecule has 0 spiro atoms. The number of hydrogen-bond acceptors (Lipinski definition) is 7. The first-order chi connectivity index (χ1) is 25.2. The van der Waals surface area contributed by atoms with Crippen molar-refractivity contribution in [2.75, 3.05) is 6.26 Å². The lowest BCUT2D eigenvalue weighted by atomic mass is 9.89. The topological polar surface area (TPSA) is 139 Å². The molecule has 1 aliphatic heterocycles. The molecule has 3 N–H and O–H groups in total. The molecule has 4 atom stereocenters. The van der Waals surface area contributed by atoms with Gasteiger partial charge in [-0.1, -0.05) is 35.2 Å². The lowest BCUT2D eigenvalue weighted by molar-refractivity contribution is -0.122. The summed E-state index contributed by atoms with van der Waals surface area (Å²) < 4.78 is 86.7. The summed E-state index contributed by atoms with van der Waals surface area (Å²) in [5.41, 5.74) is 0.612. The van der Waals surface area contributed by atoms with Gasteiger partial charge in [0.15, 0.2) is 0 Å². The van der Waals surface area contributed by atoms with Crippen LogP contribution in [0.4, 0.5) is 17.6 Å². The van der Waals surface area contributed by atoms with Crippen molar-refractivity contribution in [3.05, 3.63) is 104 Å². The van der Waals surface area contributed by atoms with E-state index in [1.54, 1.807) is 31.2 Å². The van der Waals surface area contributed by atoms with Crippen molar-refractivity contribution >= 4 is 45.0 Å². The Kier molecular flexibility index (Phi) is 9.36. The molecule has 1 unspecified atom stereocenters. The standard InChI is InChI=1S/C37H32Cl2F4N6O4S/c1-17-29-22(7-8-26(38)31(29)35(44-17)48-54(4,52)53)23-6-5-21(9-10-36(2,3)51)45-32(23)27(13-18-11-19(40)14-20(41)12-18)46-28(50)16-49-34(39)30-24-15-25(24)37(42,43)33(30)47-49/h5-8,11-12,14,17,24-25,27,51H,13,15-16H2,1-4H3,(H,44,48)(H,46,50)/t17?,24-,25+,27-/m0/s1. The highest BCUT2D eigenvalue weighted by Crippen LogP contribution is 2.67. The van der Waals surface area contributed by atoms with Crippen LogP contribution in [0.15, 0.2) is 47.5 Å². The smallest absolute Gasteiger partial charge is 0.295 e. The number of hydrogen-bond donors (Lipinski definition) is 3. The van der Waals surface area contributed by atoms with Crippen molar-refractivity contribution in [1.82, 2.24) is 24.8 Å². The van der Waals surface area contributed by atoms with E-state index in [4.69, 9.17) is 28.2 Å². The fraction of sp³-hybridized carbons (Fsp3) is 0.351. The molecule has 17 heteroatoms. The zero-order chi connectivity index (χ0) is 39.1. The summed E-state index contributed by atoms with van der Waals surface area (Å²) in [5.74, 6) is -1.38. The Labute approximate surface area is 318 Å². The number of aromatic nitrogens is 3. The molecule has 2 aromatic heterocycles. The Morgan fingerprint density at radius 1 is 1.11 bits per heavy atom. The van der Waals surface area contributed by atoms with Gasteiger partial charge in [-0.2, -0.15) is 13.9 Å². The second-order valence-electron chi connectivity index (χ2n) is 14.2. The van der Waals surface area contributed by atoms with E-state index in [1.165, 1.54) is 13.8 Å². The minimum absolute atomic E-state index is 0.0280. The maximum atomic E-state index is 14.9. The summed E-state index contributed by atoms with van der Waals surface area (Å²) in [5, 5.41) is 17.3. The third-order valence-corrected chi connectivity index (χ3v) is 10.6. The highest BCUT2D eigenvalue weighted by atomic mass is 35.5. The summed E-state index contributed by atoms with van der Waals surface area (Å²) in [7, 11) is -3.76. The largest absolute Gasteiger partial charge is 0.378 e. The number of fused-ring (bicyclic) bond motifs is 4. The lowest BCUT2D eigenvalue weighted by Gasteiger charge is -2.24.